The molecule has 214 valence electrons. The summed E-state index contributed by atoms with van der Waals surface area (Å²) in [7, 11) is 0. The summed E-state index contributed by atoms with van der Waals surface area (Å²) in [5, 5.41) is 12.2. The number of furan rings is 1. The van der Waals surface area contributed by atoms with E-state index in [9.17, 15) is 5.26 Å². The Morgan fingerprint density at radius 1 is 0.578 bits per heavy atom. The number of aromatic nitrogens is 3. The Labute approximate surface area is 260 Å². The largest absolute Gasteiger partial charge is 0.456 e. The first-order valence-electron chi connectivity index (χ1n) is 15.6. The van der Waals surface area contributed by atoms with E-state index in [2.05, 4.69) is 48.5 Å². The van der Waals surface area contributed by atoms with Gasteiger partial charge in [0.15, 0.2) is 17.5 Å². The summed E-state index contributed by atoms with van der Waals surface area (Å²) >= 11 is 0. The van der Waals surface area contributed by atoms with Crippen LogP contribution in [0.4, 0.5) is 0 Å². The number of para-hydroxylation sites is 1. The summed E-state index contributed by atoms with van der Waals surface area (Å²) in [5.74, 6) is 1.86. The van der Waals surface area contributed by atoms with Crippen molar-refractivity contribution >= 4 is 21.9 Å². The summed E-state index contributed by atoms with van der Waals surface area (Å²) < 4.78 is 6.21. The quantitative estimate of drug-likeness (QED) is 0.208. The lowest BCUT2D eigenvalue weighted by atomic mass is 9.67. The van der Waals surface area contributed by atoms with E-state index in [-0.39, 0.29) is 5.41 Å². The first kappa shape index (κ1) is 25.9. The van der Waals surface area contributed by atoms with Gasteiger partial charge in [-0.1, -0.05) is 98.1 Å². The van der Waals surface area contributed by atoms with Crippen LogP contribution in [0.2, 0.25) is 0 Å². The van der Waals surface area contributed by atoms with Crippen LogP contribution in [0.25, 0.3) is 67.2 Å². The summed E-state index contributed by atoms with van der Waals surface area (Å²) in [4.78, 5) is 15.1. The van der Waals surface area contributed by atoms with Gasteiger partial charge in [-0.2, -0.15) is 5.26 Å². The zero-order chi connectivity index (χ0) is 30.0. The van der Waals surface area contributed by atoms with E-state index in [1.165, 1.54) is 36.0 Å². The topological polar surface area (TPSA) is 75.6 Å². The van der Waals surface area contributed by atoms with Gasteiger partial charge in [-0.3, -0.25) is 0 Å². The van der Waals surface area contributed by atoms with Crippen molar-refractivity contribution in [3.63, 3.8) is 0 Å². The van der Waals surface area contributed by atoms with E-state index < -0.39 is 0 Å². The molecule has 0 unspecified atom stereocenters. The highest BCUT2D eigenvalue weighted by Crippen LogP contribution is 2.57. The normalized spacial score (nSPS) is 14.8. The Bertz CT molecular complexity index is 2320. The lowest BCUT2D eigenvalue weighted by Gasteiger charge is -2.36. The second kappa shape index (κ2) is 9.97. The first-order valence-corrected chi connectivity index (χ1v) is 15.6. The Hall–Kier alpha value is -5.60. The van der Waals surface area contributed by atoms with E-state index >= 15 is 0 Å². The molecule has 5 aromatic carbocycles. The average molecular weight is 581 g/mol. The SMILES string of the molecule is N#Cc1cccc2c1-c1ccc(-c3nc(-c4ccccc4)nc(-c4ccc5c(c4)oc4ccccc45)n3)cc1C21CCCCC1. The van der Waals surface area contributed by atoms with Crippen LogP contribution in [-0.4, -0.2) is 15.0 Å². The van der Waals surface area contributed by atoms with Gasteiger partial charge in [0.25, 0.3) is 0 Å². The predicted molar refractivity (Wildman–Crippen MR) is 177 cm³/mol. The standard InChI is InChI=1S/C40H28N4O/c41-24-28-12-9-14-32-36(28)31-19-17-26(22-33(31)40(32)20-7-2-8-21-40)38-42-37(25-10-3-1-4-11-25)43-39(44-38)27-16-18-30-29-13-5-6-15-34(29)45-35(30)23-27/h1,3-6,9-19,22-23H,2,7-8,20-21H2. The molecule has 2 heterocycles. The molecule has 45 heavy (non-hydrogen) atoms. The summed E-state index contributed by atoms with van der Waals surface area (Å²) in [6.07, 6.45) is 5.77. The Morgan fingerprint density at radius 3 is 2.07 bits per heavy atom. The van der Waals surface area contributed by atoms with E-state index in [4.69, 9.17) is 19.4 Å². The molecule has 5 nitrogen and oxygen atoms in total. The molecular weight excluding hydrogens is 552 g/mol. The fraction of sp³-hybridized carbons (Fsp3) is 0.150. The van der Waals surface area contributed by atoms with E-state index in [1.54, 1.807) is 0 Å². The van der Waals surface area contributed by atoms with Crippen LogP contribution in [-0.2, 0) is 5.41 Å². The van der Waals surface area contributed by atoms with Crippen LogP contribution >= 0.6 is 0 Å². The molecule has 0 amide bonds. The number of hydrogen-bond acceptors (Lipinski definition) is 5. The number of benzene rings is 5. The third-order valence-electron chi connectivity index (χ3n) is 9.77. The molecule has 0 N–H and O–H groups in total. The zero-order valence-electron chi connectivity index (χ0n) is 24.6. The number of fused-ring (bicyclic) bond motifs is 8. The van der Waals surface area contributed by atoms with Crippen molar-refractivity contribution in [1.82, 2.24) is 15.0 Å². The summed E-state index contributed by atoms with van der Waals surface area (Å²) in [5.41, 5.74) is 9.95. The molecule has 2 aliphatic carbocycles. The maximum atomic E-state index is 10.0. The predicted octanol–water partition coefficient (Wildman–Crippen LogP) is 9.87. The number of nitrogens with zero attached hydrogens (tertiary/aromatic N) is 4. The minimum absolute atomic E-state index is 0.0871. The van der Waals surface area contributed by atoms with Crippen molar-refractivity contribution in [2.24, 2.45) is 0 Å². The first-order chi connectivity index (χ1) is 22.2. The average Bonchev–Trinajstić information content (AvgIpc) is 3.61. The third kappa shape index (κ3) is 3.96. The molecule has 1 spiro atoms. The second-order valence-corrected chi connectivity index (χ2v) is 12.2. The molecular formula is C40H28N4O. The molecule has 0 atom stereocenters. The maximum Gasteiger partial charge on any atom is 0.164 e. The molecule has 0 radical (unpaired) electrons. The van der Waals surface area contributed by atoms with Gasteiger partial charge in [-0.25, -0.2) is 15.0 Å². The Balaban J connectivity index is 1.24. The Morgan fingerprint density at radius 2 is 1.27 bits per heavy atom. The minimum Gasteiger partial charge on any atom is -0.456 e. The van der Waals surface area contributed by atoms with Crippen molar-refractivity contribution < 1.29 is 4.42 Å². The van der Waals surface area contributed by atoms with Crippen LogP contribution in [0.15, 0.2) is 114 Å². The highest BCUT2D eigenvalue weighted by molar-refractivity contribution is 6.05. The van der Waals surface area contributed by atoms with Crippen molar-refractivity contribution in [1.29, 1.82) is 5.26 Å². The fourth-order valence-electron chi connectivity index (χ4n) is 7.69. The van der Waals surface area contributed by atoms with Gasteiger partial charge < -0.3 is 4.42 Å². The number of hydrogen-bond donors (Lipinski definition) is 0. The van der Waals surface area contributed by atoms with Crippen molar-refractivity contribution in [2.45, 2.75) is 37.5 Å². The molecule has 9 rings (SSSR count). The monoisotopic (exact) mass is 580 g/mol. The lowest BCUT2D eigenvalue weighted by molar-refractivity contribution is 0.353. The highest BCUT2D eigenvalue weighted by atomic mass is 16.3. The molecule has 5 heteroatoms. The molecule has 0 saturated heterocycles. The zero-order valence-corrected chi connectivity index (χ0v) is 24.6. The van der Waals surface area contributed by atoms with Crippen LogP contribution in [0.1, 0.15) is 48.8 Å². The minimum atomic E-state index is -0.0871. The second-order valence-electron chi connectivity index (χ2n) is 12.2. The van der Waals surface area contributed by atoms with Crippen LogP contribution in [0.3, 0.4) is 0 Å². The molecule has 2 aliphatic rings. The molecule has 1 fully saturated rings. The highest BCUT2D eigenvalue weighted by Gasteiger charge is 2.44. The van der Waals surface area contributed by atoms with Crippen LogP contribution in [0, 0.1) is 11.3 Å². The molecule has 7 aromatic rings. The fourth-order valence-corrected chi connectivity index (χ4v) is 7.69. The molecule has 1 saturated carbocycles. The van der Waals surface area contributed by atoms with Crippen LogP contribution in [0.5, 0.6) is 0 Å². The van der Waals surface area contributed by atoms with Gasteiger partial charge in [0.1, 0.15) is 11.2 Å². The number of nitriles is 1. The smallest absolute Gasteiger partial charge is 0.164 e. The summed E-state index contributed by atoms with van der Waals surface area (Å²) in [6.45, 7) is 0. The molecule has 0 aliphatic heterocycles. The van der Waals surface area contributed by atoms with Crippen molar-refractivity contribution in [3.8, 4) is 51.4 Å². The van der Waals surface area contributed by atoms with Crippen molar-refractivity contribution in [2.75, 3.05) is 0 Å². The lowest BCUT2D eigenvalue weighted by Crippen LogP contribution is -2.28. The van der Waals surface area contributed by atoms with Gasteiger partial charge in [-0.05, 0) is 59.9 Å². The van der Waals surface area contributed by atoms with Gasteiger partial charge in [0.2, 0.25) is 0 Å². The van der Waals surface area contributed by atoms with E-state index in [1.807, 2.05) is 66.7 Å². The molecule has 0 bridgehead atoms. The van der Waals surface area contributed by atoms with Crippen molar-refractivity contribution in [3.05, 3.63) is 126 Å². The maximum absolute atomic E-state index is 10.0. The molecule has 2 aromatic heterocycles. The van der Waals surface area contributed by atoms with Gasteiger partial charge in [0.05, 0.1) is 11.6 Å². The van der Waals surface area contributed by atoms with Crippen LogP contribution < -0.4 is 0 Å². The third-order valence-corrected chi connectivity index (χ3v) is 9.77. The van der Waals surface area contributed by atoms with Gasteiger partial charge >= 0.3 is 0 Å². The van der Waals surface area contributed by atoms with E-state index in [0.29, 0.717) is 17.5 Å². The Kier molecular flexibility index (Phi) is 5.73. The van der Waals surface area contributed by atoms with E-state index in [0.717, 1.165) is 62.6 Å². The number of rotatable bonds is 3. The van der Waals surface area contributed by atoms with Gasteiger partial charge in [-0.15, -0.1) is 0 Å². The van der Waals surface area contributed by atoms with Gasteiger partial charge in [0, 0.05) is 38.4 Å². The summed E-state index contributed by atoms with van der Waals surface area (Å²) in [6, 6.07) is 39.6.